The Morgan fingerprint density at radius 2 is 1.82 bits per heavy atom. The third kappa shape index (κ3) is 3.70. The van der Waals surface area contributed by atoms with Crippen molar-refractivity contribution in [1.82, 2.24) is 26.3 Å². The molecule has 1 aromatic carbocycles. The van der Waals surface area contributed by atoms with Gasteiger partial charge in [0.25, 0.3) is 5.91 Å². The molecule has 0 saturated carbocycles. The van der Waals surface area contributed by atoms with E-state index >= 15 is 0 Å². The molecule has 2 aliphatic rings. The maximum atomic E-state index is 12.1. The normalized spacial score (nSPS) is 20.3. The highest BCUT2D eigenvalue weighted by Crippen LogP contribution is 2.37. The Bertz CT molecular complexity index is 803. The summed E-state index contributed by atoms with van der Waals surface area (Å²) in [7, 11) is 4.48. The largest absolute Gasteiger partial charge is 0.493 e. The monoisotopic (exact) mass is 392 g/mol. The molecular formula is C16H20N6O6. The first-order valence-electron chi connectivity index (χ1n) is 8.23. The molecule has 0 spiro atoms. The zero-order chi connectivity index (χ0) is 20.3. The van der Waals surface area contributed by atoms with Crippen molar-refractivity contribution in [3.8, 4) is 17.2 Å². The summed E-state index contributed by atoms with van der Waals surface area (Å²) in [4.78, 5) is 36.5. The van der Waals surface area contributed by atoms with Gasteiger partial charge in [-0.05, 0) is 12.1 Å². The molecule has 0 bridgehead atoms. The van der Waals surface area contributed by atoms with Crippen molar-refractivity contribution in [3.63, 3.8) is 0 Å². The molecule has 0 unspecified atom stereocenters. The molecule has 0 aromatic heterocycles. The van der Waals surface area contributed by atoms with Crippen LogP contribution in [0.5, 0.6) is 17.2 Å². The highest BCUT2D eigenvalue weighted by Gasteiger charge is 2.45. The van der Waals surface area contributed by atoms with Gasteiger partial charge >= 0.3 is 12.1 Å². The Morgan fingerprint density at radius 3 is 2.43 bits per heavy atom. The fourth-order valence-electron chi connectivity index (χ4n) is 2.91. The van der Waals surface area contributed by atoms with E-state index in [4.69, 9.17) is 14.2 Å². The lowest BCUT2D eigenvalue weighted by molar-refractivity contribution is -0.121. The molecule has 12 heteroatoms. The van der Waals surface area contributed by atoms with Gasteiger partial charge in [0.15, 0.2) is 11.5 Å². The molecule has 1 aromatic rings. The van der Waals surface area contributed by atoms with Gasteiger partial charge in [-0.25, -0.2) is 15.0 Å². The van der Waals surface area contributed by atoms with Gasteiger partial charge in [0.1, 0.15) is 18.9 Å². The lowest BCUT2D eigenvalue weighted by atomic mass is 10.2. The number of nitrogens with zero attached hydrogens (tertiary/aromatic N) is 2. The van der Waals surface area contributed by atoms with Crippen LogP contribution in [-0.2, 0) is 4.79 Å². The summed E-state index contributed by atoms with van der Waals surface area (Å²) < 4.78 is 15.7. The minimum atomic E-state index is -0.634. The average molecular weight is 392 g/mol. The maximum Gasteiger partial charge on any atom is 0.321 e. The van der Waals surface area contributed by atoms with Crippen molar-refractivity contribution in [2.24, 2.45) is 5.10 Å². The fraction of sp³-hybridized carbons (Fsp3) is 0.375. The molecule has 2 heterocycles. The van der Waals surface area contributed by atoms with Gasteiger partial charge in [0.05, 0.1) is 27.5 Å². The highest BCUT2D eigenvalue weighted by molar-refractivity contribution is 5.89. The van der Waals surface area contributed by atoms with Gasteiger partial charge in [0.2, 0.25) is 5.75 Å². The molecule has 28 heavy (non-hydrogen) atoms. The van der Waals surface area contributed by atoms with E-state index in [-0.39, 0.29) is 6.54 Å². The van der Waals surface area contributed by atoms with Crippen molar-refractivity contribution in [2.45, 2.75) is 12.3 Å². The zero-order valence-electron chi connectivity index (χ0n) is 15.4. The van der Waals surface area contributed by atoms with E-state index < -0.39 is 30.3 Å². The Morgan fingerprint density at radius 1 is 1.14 bits per heavy atom. The Kier molecular flexibility index (Phi) is 5.38. The van der Waals surface area contributed by atoms with Crippen LogP contribution in [0, 0.1) is 0 Å². The van der Waals surface area contributed by atoms with Gasteiger partial charge in [-0.15, -0.1) is 0 Å². The first kappa shape index (κ1) is 19.1. The molecule has 2 fully saturated rings. The molecule has 5 amide bonds. The first-order chi connectivity index (χ1) is 13.5. The van der Waals surface area contributed by atoms with E-state index in [0.717, 1.165) is 0 Å². The molecule has 0 aliphatic carbocycles. The van der Waals surface area contributed by atoms with Gasteiger partial charge in [0, 0.05) is 5.56 Å². The van der Waals surface area contributed by atoms with E-state index in [9.17, 15) is 14.4 Å². The van der Waals surface area contributed by atoms with Crippen LogP contribution in [0.3, 0.4) is 0 Å². The lowest BCUT2D eigenvalue weighted by Gasteiger charge is -2.19. The summed E-state index contributed by atoms with van der Waals surface area (Å²) in [5.41, 5.74) is 2.93. The van der Waals surface area contributed by atoms with Crippen LogP contribution in [0.15, 0.2) is 17.2 Å². The number of urea groups is 2. The van der Waals surface area contributed by atoms with Crippen LogP contribution in [0.25, 0.3) is 0 Å². The Labute approximate surface area is 160 Å². The number of nitrogens with one attached hydrogen (secondary N) is 4. The van der Waals surface area contributed by atoms with Crippen molar-refractivity contribution in [2.75, 3.05) is 27.9 Å². The van der Waals surface area contributed by atoms with Crippen molar-refractivity contribution >= 4 is 24.2 Å². The summed E-state index contributed by atoms with van der Waals surface area (Å²) in [6.45, 7) is -0.276. The number of methoxy groups -OCH3 is 3. The van der Waals surface area contributed by atoms with E-state index in [0.29, 0.717) is 22.8 Å². The van der Waals surface area contributed by atoms with Gasteiger partial charge in [-0.2, -0.15) is 5.10 Å². The maximum absolute atomic E-state index is 12.1. The SMILES string of the molecule is COc1cc(/C=N\NC(=O)CN2C(=O)N[C@@H]3NC(=O)N[C@@H]32)cc(OC)c1OC. The minimum absolute atomic E-state index is 0.276. The highest BCUT2D eigenvalue weighted by atomic mass is 16.5. The lowest BCUT2D eigenvalue weighted by Crippen LogP contribution is -2.47. The smallest absolute Gasteiger partial charge is 0.321 e. The number of hydrogen-bond acceptors (Lipinski definition) is 7. The second-order valence-electron chi connectivity index (χ2n) is 5.87. The number of hydrogen-bond donors (Lipinski definition) is 4. The predicted octanol–water partition coefficient (Wildman–Crippen LogP) is -0.847. The molecule has 2 saturated heterocycles. The van der Waals surface area contributed by atoms with E-state index in [2.05, 4.69) is 26.5 Å². The summed E-state index contributed by atoms with van der Waals surface area (Å²) in [6, 6.07) is 2.44. The van der Waals surface area contributed by atoms with Crippen LogP contribution in [0.4, 0.5) is 9.59 Å². The quantitative estimate of drug-likeness (QED) is 0.352. The summed E-state index contributed by atoms with van der Waals surface area (Å²) in [5.74, 6) is 0.798. The second kappa shape index (κ2) is 7.90. The minimum Gasteiger partial charge on any atom is -0.493 e. The molecule has 3 rings (SSSR count). The van der Waals surface area contributed by atoms with Crippen molar-refractivity contribution in [3.05, 3.63) is 17.7 Å². The molecule has 2 atom stereocenters. The fourth-order valence-corrected chi connectivity index (χ4v) is 2.91. The number of rotatable bonds is 7. The number of benzene rings is 1. The van der Waals surface area contributed by atoms with E-state index in [1.807, 2.05) is 0 Å². The third-order valence-electron chi connectivity index (χ3n) is 4.16. The number of amides is 5. The number of hydrazone groups is 1. The topological polar surface area (TPSA) is 143 Å². The van der Waals surface area contributed by atoms with Gasteiger partial charge in [-0.3, -0.25) is 9.69 Å². The number of ether oxygens (including phenoxy) is 3. The van der Waals surface area contributed by atoms with Crippen molar-refractivity contribution < 1.29 is 28.6 Å². The molecule has 0 radical (unpaired) electrons. The Balaban J connectivity index is 1.62. The molecule has 150 valence electrons. The van der Waals surface area contributed by atoms with Gasteiger partial charge in [-0.1, -0.05) is 0 Å². The standard InChI is InChI=1S/C16H20N6O6/c1-26-9-4-8(5-10(27-2)12(9)28-3)6-17-21-11(23)7-22-14-13(19-16(22)25)18-15(24)20-14/h4-6,13-14H,7H2,1-3H3,(H,19,25)(H,21,23)(H2,18,20,24)/b17-6-/t13-,14+/m0/s1. The Hall–Kier alpha value is -3.70. The second-order valence-corrected chi connectivity index (χ2v) is 5.87. The molecular weight excluding hydrogens is 372 g/mol. The third-order valence-corrected chi connectivity index (χ3v) is 4.16. The average Bonchev–Trinajstić information content (AvgIpc) is 3.16. The van der Waals surface area contributed by atoms with Crippen LogP contribution in [-0.4, -0.2) is 69.3 Å². The summed E-state index contributed by atoms with van der Waals surface area (Å²) in [6.07, 6.45) is 0.189. The van der Waals surface area contributed by atoms with Crippen molar-refractivity contribution in [1.29, 1.82) is 0 Å². The molecule has 12 nitrogen and oxygen atoms in total. The van der Waals surface area contributed by atoms with Crippen LogP contribution >= 0.6 is 0 Å². The van der Waals surface area contributed by atoms with E-state index in [1.165, 1.54) is 32.4 Å². The van der Waals surface area contributed by atoms with Crippen LogP contribution < -0.4 is 35.6 Å². The van der Waals surface area contributed by atoms with Crippen LogP contribution in [0.2, 0.25) is 0 Å². The first-order valence-corrected chi connectivity index (χ1v) is 8.23. The van der Waals surface area contributed by atoms with Gasteiger partial charge < -0.3 is 30.2 Å². The summed E-state index contributed by atoms with van der Waals surface area (Å²) >= 11 is 0. The van der Waals surface area contributed by atoms with E-state index in [1.54, 1.807) is 12.1 Å². The number of carbonyl (C=O) groups is 3. The predicted molar refractivity (Wildman–Crippen MR) is 96.3 cm³/mol. The number of fused-ring (bicyclic) bond motifs is 1. The van der Waals surface area contributed by atoms with Crippen LogP contribution in [0.1, 0.15) is 5.56 Å². The summed E-state index contributed by atoms with van der Waals surface area (Å²) in [5, 5.41) is 11.5. The number of carbonyl (C=O) groups excluding carboxylic acids is 3. The molecule has 4 N–H and O–H groups in total. The zero-order valence-corrected chi connectivity index (χ0v) is 15.4. The molecule has 2 aliphatic heterocycles.